The van der Waals surface area contributed by atoms with Gasteiger partial charge in [-0.2, -0.15) is 0 Å². The van der Waals surface area contributed by atoms with Gasteiger partial charge in [0.1, 0.15) is 18.1 Å². The van der Waals surface area contributed by atoms with E-state index in [4.69, 9.17) is 9.47 Å². The molecule has 0 aliphatic rings. The van der Waals surface area contributed by atoms with E-state index in [1.165, 1.54) is 12.1 Å². The molecular weight excluding hydrogens is 394 g/mol. The van der Waals surface area contributed by atoms with Crippen LogP contribution in [-0.2, 0) is 6.61 Å². The average molecular weight is 417 g/mol. The molecule has 0 fully saturated rings. The van der Waals surface area contributed by atoms with E-state index in [1.54, 1.807) is 32.2 Å². The molecule has 0 aliphatic carbocycles. The number of hydrogen-bond donors (Lipinski definition) is 0. The highest BCUT2D eigenvalue weighted by Gasteiger charge is 2.11. The molecule has 0 saturated heterocycles. The lowest BCUT2D eigenvalue weighted by atomic mass is 10.1. The minimum absolute atomic E-state index is 0.0512. The lowest BCUT2D eigenvalue weighted by molar-refractivity contribution is -0.385. The van der Waals surface area contributed by atoms with Gasteiger partial charge in [-0.3, -0.25) is 14.9 Å². The van der Waals surface area contributed by atoms with E-state index in [0.717, 1.165) is 16.7 Å². The van der Waals surface area contributed by atoms with Crippen LogP contribution in [0.2, 0.25) is 0 Å². The number of nitro groups is 1. The van der Waals surface area contributed by atoms with Crippen molar-refractivity contribution in [2.45, 2.75) is 20.5 Å². The van der Waals surface area contributed by atoms with Crippen LogP contribution in [0, 0.1) is 24.0 Å². The first-order valence-electron chi connectivity index (χ1n) is 9.71. The molecule has 0 amide bonds. The van der Waals surface area contributed by atoms with E-state index in [-0.39, 0.29) is 18.1 Å². The Bertz CT molecular complexity index is 1130. The fourth-order valence-electron chi connectivity index (χ4n) is 3.08. The van der Waals surface area contributed by atoms with Crippen molar-refractivity contribution in [1.29, 1.82) is 0 Å². The van der Waals surface area contributed by atoms with Gasteiger partial charge in [0.05, 0.1) is 12.0 Å². The van der Waals surface area contributed by atoms with E-state index in [1.807, 2.05) is 49.4 Å². The fourth-order valence-corrected chi connectivity index (χ4v) is 3.08. The van der Waals surface area contributed by atoms with Gasteiger partial charge >= 0.3 is 0 Å². The lowest BCUT2D eigenvalue weighted by Crippen LogP contribution is -2.00. The third-order valence-corrected chi connectivity index (χ3v) is 4.83. The Morgan fingerprint density at radius 3 is 2.42 bits per heavy atom. The number of nitrogens with zero attached hydrogens (tertiary/aromatic N) is 1. The molecule has 6 nitrogen and oxygen atoms in total. The number of allylic oxidation sites excluding steroid dienone is 1. The van der Waals surface area contributed by atoms with Gasteiger partial charge in [-0.05, 0) is 49.8 Å². The Kier molecular flexibility index (Phi) is 6.82. The minimum atomic E-state index is -0.421. The molecule has 0 unspecified atom stereocenters. The predicted octanol–water partition coefficient (Wildman–Crippen LogP) is 5.70. The maximum Gasteiger partial charge on any atom is 0.272 e. The molecule has 0 heterocycles. The quantitative estimate of drug-likeness (QED) is 0.203. The van der Waals surface area contributed by atoms with E-state index in [2.05, 4.69) is 0 Å². The molecule has 0 bridgehead atoms. The summed E-state index contributed by atoms with van der Waals surface area (Å²) in [6.07, 6.45) is 3.29. The first-order chi connectivity index (χ1) is 14.9. The molecule has 0 radical (unpaired) electrons. The first kappa shape index (κ1) is 21.8. The van der Waals surface area contributed by atoms with Crippen LogP contribution in [0.1, 0.15) is 32.6 Å². The Balaban J connectivity index is 1.74. The number of rotatable bonds is 8. The summed E-state index contributed by atoms with van der Waals surface area (Å²) in [4.78, 5) is 22.9. The molecule has 6 heteroatoms. The van der Waals surface area contributed by atoms with Crippen molar-refractivity contribution in [3.8, 4) is 11.5 Å². The zero-order valence-electron chi connectivity index (χ0n) is 17.6. The van der Waals surface area contributed by atoms with Crippen molar-refractivity contribution in [3.63, 3.8) is 0 Å². The summed E-state index contributed by atoms with van der Waals surface area (Å²) in [5.74, 6) is 1.11. The van der Waals surface area contributed by atoms with Crippen LogP contribution in [0.4, 0.5) is 5.69 Å². The second kappa shape index (κ2) is 9.71. The van der Waals surface area contributed by atoms with Crippen LogP contribution < -0.4 is 9.47 Å². The number of aryl methyl sites for hydroxylation is 2. The number of benzene rings is 3. The third-order valence-electron chi connectivity index (χ3n) is 4.83. The summed E-state index contributed by atoms with van der Waals surface area (Å²) in [7, 11) is 1.57. The van der Waals surface area contributed by atoms with Crippen molar-refractivity contribution in [2.75, 3.05) is 7.11 Å². The fraction of sp³-hybridized carbons (Fsp3) is 0.160. The largest absolute Gasteiger partial charge is 0.496 e. The van der Waals surface area contributed by atoms with Crippen LogP contribution in [0.3, 0.4) is 0 Å². The maximum atomic E-state index is 12.4. The van der Waals surface area contributed by atoms with Crippen LogP contribution in [0.25, 0.3) is 6.08 Å². The minimum Gasteiger partial charge on any atom is -0.496 e. The standard InChI is InChI=1S/C25H23NO5/c1-17-4-8-20(9-5-17)24(27)12-6-19-7-13-25(30-3)21(15-19)16-31-22-10-11-23(26(28)29)18(2)14-22/h4-15H,16H2,1-3H3/b12-6+. The van der Waals surface area contributed by atoms with Crippen LogP contribution in [-0.4, -0.2) is 17.8 Å². The van der Waals surface area contributed by atoms with Crippen molar-refractivity contribution in [1.82, 2.24) is 0 Å². The van der Waals surface area contributed by atoms with Gasteiger partial charge in [-0.25, -0.2) is 0 Å². The van der Waals surface area contributed by atoms with E-state index in [0.29, 0.717) is 22.6 Å². The smallest absolute Gasteiger partial charge is 0.272 e. The highest BCUT2D eigenvalue weighted by Crippen LogP contribution is 2.26. The van der Waals surface area contributed by atoms with Gasteiger partial charge in [-0.1, -0.05) is 42.0 Å². The highest BCUT2D eigenvalue weighted by molar-refractivity contribution is 6.06. The highest BCUT2D eigenvalue weighted by atomic mass is 16.6. The molecule has 0 N–H and O–H groups in total. The van der Waals surface area contributed by atoms with Gasteiger partial charge in [0.2, 0.25) is 0 Å². The molecule has 0 aliphatic heterocycles. The zero-order valence-corrected chi connectivity index (χ0v) is 17.6. The zero-order chi connectivity index (χ0) is 22.4. The van der Waals surface area contributed by atoms with Gasteiger partial charge in [0.25, 0.3) is 5.69 Å². The van der Waals surface area contributed by atoms with Gasteiger partial charge in [0, 0.05) is 22.8 Å². The summed E-state index contributed by atoms with van der Waals surface area (Å²) < 4.78 is 11.2. The summed E-state index contributed by atoms with van der Waals surface area (Å²) in [5.41, 5.74) is 3.94. The molecule has 0 spiro atoms. The Labute approximate surface area is 180 Å². The van der Waals surface area contributed by atoms with Crippen molar-refractivity contribution < 1.29 is 19.2 Å². The second-order valence-electron chi connectivity index (χ2n) is 7.13. The molecule has 3 rings (SSSR count). The number of carbonyl (C=O) groups excluding carboxylic acids is 1. The number of ether oxygens (including phenoxy) is 2. The number of nitro benzene ring substituents is 1. The van der Waals surface area contributed by atoms with Crippen LogP contribution >= 0.6 is 0 Å². The molecule has 3 aromatic rings. The van der Waals surface area contributed by atoms with E-state index >= 15 is 0 Å². The van der Waals surface area contributed by atoms with Gasteiger partial charge in [0.15, 0.2) is 5.78 Å². The molecule has 0 atom stereocenters. The molecule has 158 valence electrons. The molecular formula is C25H23NO5. The van der Waals surface area contributed by atoms with Crippen molar-refractivity contribution >= 4 is 17.5 Å². The normalized spacial score (nSPS) is 10.8. The summed E-state index contributed by atoms with van der Waals surface area (Å²) in [6.45, 7) is 3.86. The summed E-state index contributed by atoms with van der Waals surface area (Å²) >= 11 is 0. The Morgan fingerprint density at radius 1 is 1.03 bits per heavy atom. The Morgan fingerprint density at radius 2 is 1.77 bits per heavy atom. The van der Waals surface area contributed by atoms with E-state index < -0.39 is 4.92 Å². The molecule has 31 heavy (non-hydrogen) atoms. The number of hydrogen-bond acceptors (Lipinski definition) is 5. The maximum absolute atomic E-state index is 12.4. The summed E-state index contributed by atoms with van der Waals surface area (Å²) in [5, 5.41) is 11.0. The average Bonchev–Trinajstić information content (AvgIpc) is 2.76. The number of methoxy groups -OCH3 is 1. The molecule has 0 aromatic heterocycles. The Hall–Kier alpha value is -3.93. The predicted molar refractivity (Wildman–Crippen MR) is 120 cm³/mol. The lowest BCUT2D eigenvalue weighted by Gasteiger charge is -2.12. The third kappa shape index (κ3) is 5.57. The van der Waals surface area contributed by atoms with Gasteiger partial charge in [-0.15, -0.1) is 0 Å². The van der Waals surface area contributed by atoms with Gasteiger partial charge < -0.3 is 9.47 Å². The SMILES string of the molecule is COc1ccc(/C=C/C(=O)c2ccc(C)cc2)cc1COc1ccc([N+](=O)[O-])c(C)c1. The molecule has 0 saturated carbocycles. The second-order valence-corrected chi connectivity index (χ2v) is 7.13. The molecule has 3 aromatic carbocycles. The monoisotopic (exact) mass is 417 g/mol. The van der Waals surface area contributed by atoms with Crippen molar-refractivity contribution in [3.05, 3.63) is 105 Å². The number of ketones is 1. The van der Waals surface area contributed by atoms with E-state index in [9.17, 15) is 14.9 Å². The van der Waals surface area contributed by atoms with Crippen LogP contribution in [0.5, 0.6) is 11.5 Å². The summed E-state index contributed by atoms with van der Waals surface area (Å²) in [6, 6.07) is 17.6. The van der Waals surface area contributed by atoms with Crippen molar-refractivity contribution in [2.24, 2.45) is 0 Å². The van der Waals surface area contributed by atoms with Crippen LogP contribution in [0.15, 0.2) is 66.7 Å². The number of carbonyl (C=O) groups is 1. The topological polar surface area (TPSA) is 78.7 Å². The first-order valence-corrected chi connectivity index (χ1v) is 9.71.